The van der Waals surface area contributed by atoms with Gasteiger partial charge in [-0.15, -0.1) is 0 Å². The Kier molecular flexibility index (Phi) is 3.41. The van der Waals surface area contributed by atoms with Gasteiger partial charge in [0, 0.05) is 0 Å². The van der Waals surface area contributed by atoms with Crippen LogP contribution in [0.1, 0.15) is 19.8 Å². The molecule has 1 heterocycles. The summed E-state index contributed by atoms with van der Waals surface area (Å²) in [5, 5.41) is 0. The summed E-state index contributed by atoms with van der Waals surface area (Å²) in [4.78, 5) is 0. The molecule has 0 bridgehead atoms. The van der Waals surface area contributed by atoms with Gasteiger partial charge in [-0.1, -0.05) is 0 Å². The minimum absolute atomic E-state index is 0.994. The molecule has 0 unspecified atom stereocenters. The van der Waals surface area contributed by atoms with Crippen LogP contribution in [-0.2, 0) is 2.85 Å². The van der Waals surface area contributed by atoms with Crippen molar-refractivity contribution in [1.29, 1.82) is 0 Å². The van der Waals surface area contributed by atoms with Crippen LogP contribution in [0.3, 0.4) is 0 Å². The molecule has 1 nitrogen and oxygen atoms in total. The topological polar surface area (TPSA) is 9.23 Å². The predicted molar refractivity (Wildman–Crippen MR) is 40.8 cm³/mol. The monoisotopic (exact) mass is 230 g/mol. The Balaban J connectivity index is 2.18. The second kappa shape index (κ2) is 3.87. The third kappa shape index (κ3) is 2.50. The molecule has 0 amide bonds. The van der Waals surface area contributed by atoms with E-state index in [1.54, 1.807) is 0 Å². The molecule has 0 radical (unpaired) electrons. The molecule has 0 atom stereocenters. The molecule has 0 aromatic rings. The first kappa shape index (κ1) is 7.93. The molecule has 1 rings (SSSR count). The third-order valence-electron chi connectivity index (χ3n) is 2.30. The fourth-order valence-corrected chi connectivity index (χ4v) is 9.00. The average Bonchev–Trinajstić information content (AvgIpc) is 1.90. The van der Waals surface area contributed by atoms with Gasteiger partial charge in [0.05, 0.1) is 0 Å². The zero-order chi connectivity index (χ0) is 6.69. The van der Waals surface area contributed by atoms with Gasteiger partial charge >= 0.3 is 65.9 Å². The molecule has 0 N–H and O–H groups in total. The van der Waals surface area contributed by atoms with Crippen molar-refractivity contribution in [2.24, 2.45) is 5.92 Å². The summed E-state index contributed by atoms with van der Waals surface area (Å²) in [5.41, 5.74) is 0. The summed E-state index contributed by atoms with van der Waals surface area (Å²) >= 11 is -1.27. The molecular formula is C7H15InO. The van der Waals surface area contributed by atoms with E-state index in [1.807, 2.05) is 7.11 Å². The van der Waals surface area contributed by atoms with E-state index < -0.39 is 21.9 Å². The van der Waals surface area contributed by atoms with E-state index in [1.165, 1.54) is 21.2 Å². The number of rotatable bonds is 1. The first-order valence-corrected chi connectivity index (χ1v) is 9.86. The van der Waals surface area contributed by atoms with Crippen molar-refractivity contribution in [3.8, 4) is 0 Å². The van der Waals surface area contributed by atoms with Gasteiger partial charge in [-0.25, -0.2) is 0 Å². The molecule has 1 saturated heterocycles. The van der Waals surface area contributed by atoms with Crippen molar-refractivity contribution in [2.45, 2.75) is 28.1 Å². The van der Waals surface area contributed by atoms with Crippen LogP contribution in [-0.4, -0.2) is 29.0 Å². The van der Waals surface area contributed by atoms with Gasteiger partial charge in [-0.05, 0) is 0 Å². The van der Waals surface area contributed by atoms with Crippen molar-refractivity contribution < 1.29 is 2.85 Å². The Hall–Kier alpha value is 0.830. The number of hydrogen-bond acceptors (Lipinski definition) is 1. The molecule has 0 aromatic heterocycles. The molecule has 52 valence electrons. The second-order valence-electron chi connectivity index (χ2n) is 3.12. The predicted octanol–water partition coefficient (Wildman–Crippen LogP) is 2.05. The van der Waals surface area contributed by atoms with E-state index in [-0.39, 0.29) is 0 Å². The first-order valence-electron chi connectivity index (χ1n) is 3.85. The third-order valence-corrected chi connectivity index (χ3v) is 9.78. The van der Waals surface area contributed by atoms with Crippen molar-refractivity contribution in [2.75, 3.05) is 7.11 Å². The molecule has 1 aliphatic rings. The van der Waals surface area contributed by atoms with Crippen LogP contribution in [0.15, 0.2) is 0 Å². The summed E-state index contributed by atoms with van der Waals surface area (Å²) < 4.78 is 8.42. The van der Waals surface area contributed by atoms with Gasteiger partial charge in [-0.2, -0.15) is 0 Å². The summed E-state index contributed by atoms with van der Waals surface area (Å²) in [7, 11) is 1.91. The average molecular weight is 230 g/mol. The summed E-state index contributed by atoms with van der Waals surface area (Å²) in [6.07, 6.45) is 2.91. The molecule has 1 fully saturated rings. The van der Waals surface area contributed by atoms with E-state index in [9.17, 15) is 0 Å². The van der Waals surface area contributed by atoms with Gasteiger partial charge in [0.15, 0.2) is 0 Å². The zero-order valence-electron chi connectivity index (χ0n) is 6.39. The summed E-state index contributed by atoms with van der Waals surface area (Å²) in [6, 6.07) is 0. The fraction of sp³-hybridized carbons (Fsp3) is 1.00. The van der Waals surface area contributed by atoms with E-state index in [0.29, 0.717) is 0 Å². The van der Waals surface area contributed by atoms with Crippen LogP contribution < -0.4 is 0 Å². The Labute approximate surface area is 65.9 Å². The Morgan fingerprint density at radius 2 is 1.89 bits per heavy atom. The van der Waals surface area contributed by atoms with E-state index in [4.69, 9.17) is 2.85 Å². The molecule has 0 aliphatic carbocycles. The molecule has 0 saturated carbocycles. The summed E-state index contributed by atoms with van der Waals surface area (Å²) in [5.74, 6) is 0.994. The van der Waals surface area contributed by atoms with Crippen LogP contribution in [0, 0.1) is 5.92 Å². The maximum atomic E-state index is 5.45. The Morgan fingerprint density at radius 1 is 1.33 bits per heavy atom. The second-order valence-corrected chi connectivity index (χ2v) is 11.3. The van der Waals surface area contributed by atoms with E-state index >= 15 is 0 Å². The van der Waals surface area contributed by atoms with Gasteiger partial charge in [0.2, 0.25) is 0 Å². The van der Waals surface area contributed by atoms with Crippen LogP contribution in [0.4, 0.5) is 0 Å². The van der Waals surface area contributed by atoms with Crippen molar-refractivity contribution in [3.63, 3.8) is 0 Å². The summed E-state index contributed by atoms with van der Waals surface area (Å²) in [6.45, 7) is 2.36. The van der Waals surface area contributed by atoms with Gasteiger partial charge in [-0.3, -0.25) is 0 Å². The molecule has 9 heavy (non-hydrogen) atoms. The van der Waals surface area contributed by atoms with Crippen LogP contribution in [0.5, 0.6) is 0 Å². The molecule has 1 aliphatic heterocycles. The van der Waals surface area contributed by atoms with Crippen LogP contribution in [0.25, 0.3) is 0 Å². The maximum absolute atomic E-state index is 5.45. The van der Waals surface area contributed by atoms with Gasteiger partial charge in [0.1, 0.15) is 0 Å². The van der Waals surface area contributed by atoms with E-state index in [0.717, 1.165) is 5.92 Å². The van der Waals surface area contributed by atoms with Gasteiger partial charge < -0.3 is 0 Å². The normalized spacial score (nSPS) is 22.7. The SMILES string of the molecule is C[O][In]1[CH2]CC(C)C[CH2]1. The Bertz CT molecular complexity index is 77.0. The first-order chi connectivity index (χ1) is 4.33. The molecule has 2 heteroatoms. The van der Waals surface area contributed by atoms with Crippen LogP contribution in [0.2, 0.25) is 8.35 Å². The Morgan fingerprint density at radius 3 is 2.33 bits per heavy atom. The van der Waals surface area contributed by atoms with Crippen LogP contribution >= 0.6 is 0 Å². The molecule has 0 spiro atoms. The minimum atomic E-state index is -1.27. The molecule has 0 aromatic carbocycles. The van der Waals surface area contributed by atoms with Crippen molar-refractivity contribution in [1.82, 2.24) is 0 Å². The standard InChI is InChI=1S/C6H12.CH3O.In/c1-4-6(3)5-2;1-2;/h6H,1-2,4-5H2,3H3;1H3;/q;-1;+1. The zero-order valence-corrected chi connectivity index (χ0v) is 9.69. The number of hydrogen-bond donors (Lipinski definition) is 0. The quantitative estimate of drug-likeness (QED) is 0.669. The van der Waals surface area contributed by atoms with Crippen molar-refractivity contribution in [3.05, 3.63) is 0 Å². The van der Waals surface area contributed by atoms with E-state index in [2.05, 4.69) is 6.92 Å². The fourth-order valence-electron chi connectivity index (χ4n) is 1.47. The van der Waals surface area contributed by atoms with Gasteiger partial charge in [0.25, 0.3) is 0 Å². The van der Waals surface area contributed by atoms with Crippen molar-refractivity contribution >= 4 is 21.9 Å². The molecular weight excluding hydrogens is 215 g/mol.